The first kappa shape index (κ1) is 23.5. The van der Waals surface area contributed by atoms with E-state index in [1.54, 1.807) is 21.1 Å². The van der Waals surface area contributed by atoms with Crippen molar-refractivity contribution in [1.29, 1.82) is 0 Å². The molecule has 2 atom stereocenters. The molecule has 0 spiro atoms. The van der Waals surface area contributed by atoms with Crippen molar-refractivity contribution in [2.75, 3.05) is 33.9 Å². The van der Waals surface area contributed by atoms with Crippen molar-refractivity contribution in [3.05, 3.63) is 0 Å². The van der Waals surface area contributed by atoms with Gasteiger partial charge < -0.3 is 25.4 Å². The smallest absolute Gasteiger partial charge is 0.407 e. The lowest BCUT2D eigenvalue weighted by Gasteiger charge is -2.30. The number of carbonyl (C=O) groups is 1. The van der Waals surface area contributed by atoms with Crippen molar-refractivity contribution in [2.24, 2.45) is 16.3 Å². The second-order valence-electron chi connectivity index (χ2n) is 7.62. The molecule has 0 radical (unpaired) electrons. The molecule has 0 aliphatic heterocycles. The maximum absolute atomic E-state index is 11.7. The van der Waals surface area contributed by atoms with Gasteiger partial charge in [-0.15, -0.1) is 0 Å². The van der Waals surface area contributed by atoms with E-state index in [9.17, 15) is 4.79 Å². The van der Waals surface area contributed by atoms with Crippen molar-refractivity contribution < 1.29 is 14.3 Å². The predicted octanol–water partition coefficient (Wildman–Crippen LogP) is 2.37. The number of methoxy groups -OCH3 is 1. The number of ether oxygens (including phenoxy) is 2. The minimum atomic E-state index is -0.384. The van der Waals surface area contributed by atoms with Gasteiger partial charge in [0.1, 0.15) is 0 Å². The highest BCUT2D eigenvalue weighted by molar-refractivity contribution is 5.79. The standard InChI is InChI=1S/C18H38N4O3/c1-9-25-17(23)22-14(10-13(2)3)11-20-16(19-7)21-12-15(24-8)18(4,5)6/h13-15H,9-12H2,1-8H3,(H,22,23)(H2,19,20,21). The number of nitrogens with one attached hydrogen (secondary N) is 3. The molecule has 148 valence electrons. The third kappa shape index (κ3) is 10.9. The van der Waals surface area contributed by atoms with Crippen LogP contribution in [0, 0.1) is 11.3 Å². The van der Waals surface area contributed by atoms with Gasteiger partial charge in [0.25, 0.3) is 0 Å². The van der Waals surface area contributed by atoms with Gasteiger partial charge in [0.05, 0.1) is 12.7 Å². The van der Waals surface area contributed by atoms with E-state index in [0.29, 0.717) is 31.6 Å². The lowest BCUT2D eigenvalue weighted by atomic mass is 9.89. The molecule has 7 heteroatoms. The van der Waals surface area contributed by atoms with Crippen LogP contribution >= 0.6 is 0 Å². The lowest BCUT2D eigenvalue weighted by Crippen LogP contribution is -2.50. The van der Waals surface area contributed by atoms with E-state index in [0.717, 1.165) is 6.42 Å². The molecule has 0 aromatic heterocycles. The van der Waals surface area contributed by atoms with Crippen LogP contribution in [-0.4, -0.2) is 58.1 Å². The van der Waals surface area contributed by atoms with E-state index in [4.69, 9.17) is 9.47 Å². The summed E-state index contributed by atoms with van der Waals surface area (Å²) in [5, 5.41) is 9.45. The zero-order valence-electron chi connectivity index (χ0n) is 17.2. The lowest BCUT2D eigenvalue weighted by molar-refractivity contribution is 0.0205. The molecule has 0 aromatic carbocycles. The van der Waals surface area contributed by atoms with Crippen LogP contribution in [0.5, 0.6) is 0 Å². The van der Waals surface area contributed by atoms with Gasteiger partial charge in [-0.25, -0.2) is 4.79 Å². The van der Waals surface area contributed by atoms with Gasteiger partial charge in [-0.1, -0.05) is 34.6 Å². The summed E-state index contributed by atoms with van der Waals surface area (Å²) in [6.45, 7) is 14.1. The number of alkyl carbamates (subject to hydrolysis) is 1. The molecule has 0 fully saturated rings. The van der Waals surface area contributed by atoms with Crippen molar-refractivity contribution >= 4 is 12.1 Å². The van der Waals surface area contributed by atoms with Crippen LogP contribution < -0.4 is 16.0 Å². The molecule has 0 saturated carbocycles. The molecular formula is C18H38N4O3. The van der Waals surface area contributed by atoms with E-state index in [1.807, 2.05) is 0 Å². The third-order valence-corrected chi connectivity index (χ3v) is 3.80. The van der Waals surface area contributed by atoms with Crippen LogP contribution in [0.2, 0.25) is 0 Å². The summed E-state index contributed by atoms with van der Waals surface area (Å²) in [6, 6.07) is -0.0292. The second kappa shape index (κ2) is 12.0. The quantitative estimate of drug-likeness (QED) is 0.435. The molecule has 2 unspecified atom stereocenters. The Morgan fingerprint density at radius 2 is 1.76 bits per heavy atom. The minimum Gasteiger partial charge on any atom is -0.450 e. The summed E-state index contributed by atoms with van der Waals surface area (Å²) in [4.78, 5) is 15.9. The SMILES string of the molecule is CCOC(=O)NC(CNC(=NC)NCC(OC)C(C)(C)C)CC(C)C. The second-order valence-corrected chi connectivity index (χ2v) is 7.62. The molecule has 0 aliphatic rings. The molecule has 1 amide bonds. The van der Waals surface area contributed by atoms with Gasteiger partial charge in [0.15, 0.2) is 5.96 Å². The Kier molecular flexibility index (Phi) is 11.2. The zero-order valence-corrected chi connectivity index (χ0v) is 17.2. The van der Waals surface area contributed by atoms with Crippen LogP contribution in [0.1, 0.15) is 48.0 Å². The summed E-state index contributed by atoms with van der Waals surface area (Å²) < 4.78 is 10.5. The Bertz CT molecular complexity index is 406. The number of hydrogen-bond acceptors (Lipinski definition) is 4. The normalized spacial score (nSPS) is 14.8. The van der Waals surface area contributed by atoms with Crippen LogP contribution in [0.25, 0.3) is 0 Å². The Labute approximate surface area is 153 Å². The van der Waals surface area contributed by atoms with E-state index in [-0.39, 0.29) is 23.7 Å². The first-order valence-electron chi connectivity index (χ1n) is 9.04. The Morgan fingerprint density at radius 1 is 1.16 bits per heavy atom. The highest BCUT2D eigenvalue weighted by Crippen LogP contribution is 2.20. The highest BCUT2D eigenvalue weighted by Gasteiger charge is 2.24. The molecule has 0 aliphatic carbocycles. The molecule has 0 rings (SSSR count). The van der Waals surface area contributed by atoms with Crippen LogP contribution in [0.4, 0.5) is 4.79 Å². The number of hydrogen-bond donors (Lipinski definition) is 3. The largest absolute Gasteiger partial charge is 0.450 e. The Balaban J connectivity index is 4.58. The molecule has 0 saturated heterocycles. The molecular weight excluding hydrogens is 320 g/mol. The fraction of sp³-hybridized carbons (Fsp3) is 0.889. The molecule has 0 bridgehead atoms. The van der Waals surface area contributed by atoms with E-state index < -0.39 is 0 Å². The van der Waals surface area contributed by atoms with Gasteiger partial charge >= 0.3 is 6.09 Å². The average Bonchev–Trinajstić information content (AvgIpc) is 2.48. The maximum Gasteiger partial charge on any atom is 0.407 e. The summed E-state index contributed by atoms with van der Waals surface area (Å²) >= 11 is 0. The Morgan fingerprint density at radius 3 is 2.20 bits per heavy atom. The summed E-state index contributed by atoms with van der Waals surface area (Å²) in [6.07, 6.45) is 0.533. The third-order valence-electron chi connectivity index (χ3n) is 3.80. The summed E-state index contributed by atoms with van der Waals surface area (Å²) in [5.74, 6) is 1.15. The van der Waals surface area contributed by atoms with Crippen molar-refractivity contribution in [1.82, 2.24) is 16.0 Å². The van der Waals surface area contributed by atoms with Gasteiger partial charge in [0, 0.05) is 33.3 Å². The first-order chi connectivity index (χ1) is 11.6. The van der Waals surface area contributed by atoms with Crippen molar-refractivity contribution in [2.45, 2.75) is 60.1 Å². The zero-order chi connectivity index (χ0) is 19.5. The van der Waals surface area contributed by atoms with E-state index in [1.165, 1.54) is 0 Å². The average molecular weight is 359 g/mol. The Hall–Kier alpha value is -1.50. The van der Waals surface area contributed by atoms with Gasteiger partial charge in [0.2, 0.25) is 0 Å². The molecule has 0 heterocycles. The first-order valence-corrected chi connectivity index (χ1v) is 9.04. The number of carbonyl (C=O) groups excluding carboxylic acids is 1. The number of rotatable bonds is 9. The molecule has 0 aromatic rings. The van der Waals surface area contributed by atoms with Crippen molar-refractivity contribution in [3.63, 3.8) is 0 Å². The number of nitrogens with zero attached hydrogens (tertiary/aromatic N) is 1. The highest BCUT2D eigenvalue weighted by atomic mass is 16.5. The van der Waals surface area contributed by atoms with Crippen LogP contribution in [-0.2, 0) is 9.47 Å². The minimum absolute atomic E-state index is 0.0292. The topological polar surface area (TPSA) is 84.0 Å². The molecule has 7 nitrogen and oxygen atoms in total. The van der Waals surface area contributed by atoms with E-state index >= 15 is 0 Å². The number of amides is 1. The van der Waals surface area contributed by atoms with Gasteiger partial charge in [-0.3, -0.25) is 4.99 Å². The van der Waals surface area contributed by atoms with Gasteiger partial charge in [-0.2, -0.15) is 0 Å². The predicted molar refractivity (Wildman–Crippen MR) is 103 cm³/mol. The van der Waals surface area contributed by atoms with Crippen LogP contribution in [0.3, 0.4) is 0 Å². The maximum atomic E-state index is 11.7. The van der Waals surface area contributed by atoms with Crippen molar-refractivity contribution in [3.8, 4) is 0 Å². The fourth-order valence-corrected chi connectivity index (χ4v) is 2.47. The van der Waals surface area contributed by atoms with Gasteiger partial charge in [-0.05, 0) is 24.7 Å². The number of guanidine groups is 1. The number of aliphatic imine (C=N–C) groups is 1. The summed E-state index contributed by atoms with van der Waals surface area (Å²) in [7, 11) is 3.44. The molecule has 25 heavy (non-hydrogen) atoms. The van der Waals surface area contributed by atoms with Crippen LogP contribution in [0.15, 0.2) is 4.99 Å². The summed E-state index contributed by atoms with van der Waals surface area (Å²) in [5.41, 5.74) is 0.0340. The monoisotopic (exact) mass is 358 g/mol. The fourth-order valence-electron chi connectivity index (χ4n) is 2.47. The van der Waals surface area contributed by atoms with E-state index in [2.05, 4.69) is 55.6 Å². The molecule has 3 N–H and O–H groups in total.